The summed E-state index contributed by atoms with van der Waals surface area (Å²) < 4.78 is 43.5. The summed E-state index contributed by atoms with van der Waals surface area (Å²) in [6.45, 7) is 2.23. The van der Waals surface area contributed by atoms with Gasteiger partial charge < -0.3 is 19.5 Å². The summed E-state index contributed by atoms with van der Waals surface area (Å²) in [5.41, 5.74) is 0.696. The van der Waals surface area contributed by atoms with Gasteiger partial charge in [-0.15, -0.1) is 0 Å². The lowest BCUT2D eigenvalue weighted by Gasteiger charge is -2.20. The zero-order valence-electron chi connectivity index (χ0n) is 19.4. The number of para-hydroxylation sites is 1. The van der Waals surface area contributed by atoms with Crippen LogP contribution in [0.1, 0.15) is 17.3 Å². The zero-order valence-corrected chi connectivity index (χ0v) is 21.0. The molecule has 0 radical (unpaired) electrons. The Morgan fingerprint density at radius 2 is 1.69 bits per heavy atom. The van der Waals surface area contributed by atoms with E-state index < -0.39 is 28.0 Å². The van der Waals surface area contributed by atoms with Gasteiger partial charge in [0.2, 0.25) is 0 Å². The molecule has 4 rings (SSSR count). The van der Waals surface area contributed by atoms with Crippen LogP contribution in [0.25, 0.3) is 0 Å². The lowest BCUT2D eigenvalue weighted by molar-refractivity contribution is -0.123. The number of rotatable bonds is 7. The fourth-order valence-corrected chi connectivity index (χ4v) is 4.82. The third kappa shape index (κ3) is 5.39. The van der Waals surface area contributed by atoms with Crippen molar-refractivity contribution in [3.63, 3.8) is 0 Å². The maximum atomic E-state index is 13.1. The van der Waals surface area contributed by atoms with Crippen LogP contribution in [0.5, 0.6) is 11.5 Å². The van der Waals surface area contributed by atoms with E-state index in [-0.39, 0.29) is 15.5 Å². The summed E-state index contributed by atoms with van der Waals surface area (Å²) in [5, 5.41) is 2.63. The van der Waals surface area contributed by atoms with Crippen molar-refractivity contribution in [3.8, 4) is 11.5 Å². The number of hydrogen-bond acceptors (Lipinski definition) is 7. The summed E-state index contributed by atoms with van der Waals surface area (Å²) in [5.74, 6) is -0.469. The van der Waals surface area contributed by atoms with E-state index in [1.807, 2.05) is 0 Å². The molecule has 1 aliphatic rings. The van der Waals surface area contributed by atoms with Gasteiger partial charge in [0.05, 0.1) is 21.2 Å². The van der Waals surface area contributed by atoms with E-state index >= 15 is 0 Å². The Kier molecular flexibility index (Phi) is 7.37. The summed E-state index contributed by atoms with van der Waals surface area (Å²) in [6, 6.07) is 17.1. The van der Waals surface area contributed by atoms with E-state index in [1.165, 1.54) is 26.1 Å². The summed E-state index contributed by atoms with van der Waals surface area (Å²) in [6.07, 6.45) is -1.20. The minimum absolute atomic E-state index is 0.0132. The normalized spacial score (nSPS) is 13.4. The van der Waals surface area contributed by atoms with Gasteiger partial charge in [0, 0.05) is 18.8 Å². The highest BCUT2D eigenvalue weighted by molar-refractivity contribution is 7.92. The van der Waals surface area contributed by atoms with Crippen LogP contribution in [0.2, 0.25) is 5.02 Å². The van der Waals surface area contributed by atoms with Gasteiger partial charge in [-0.1, -0.05) is 29.8 Å². The summed E-state index contributed by atoms with van der Waals surface area (Å²) in [4.78, 5) is 25.3. The van der Waals surface area contributed by atoms with Crippen molar-refractivity contribution in [2.75, 3.05) is 29.9 Å². The monoisotopic (exact) mass is 530 g/mol. The molecule has 9 nitrogen and oxygen atoms in total. The number of benzene rings is 3. The van der Waals surface area contributed by atoms with Gasteiger partial charge in [-0.3, -0.25) is 9.10 Å². The van der Waals surface area contributed by atoms with Gasteiger partial charge in [0.25, 0.3) is 15.9 Å². The molecule has 1 atom stereocenters. The molecule has 11 heteroatoms. The Hall–Kier alpha value is -3.76. The standard InChI is InChI=1S/C25H23ClN2O7S/c1-16(24(29)27-17-8-11-22-23(14-17)34-13-12-33-22)35-25(30)20-15-19(9-10-21(20)26)36(31,32)28(2)18-6-4-3-5-7-18/h3-11,14-16H,12-13H2,1-2H3,(H,27,29)/t16-/m1/s1. The first-order chi connectivity index (χ1) is 17.2. The lowest BCUT2D eigenvalue weighted by Crippen LogP contribution is -2.30. The molecule has 1 amide bonds. The molecule has 1 aliphatic heterocycles. The molecule has 0 aliphatic carbocycles. The number of carbonyl (C=O) groups is 2. The van der Waals surface area contributed by atoms with Crippen molar-refractivity contribution in [2.45, 2.75) is 17.9 Å². The molecular formula is C25H23ClN2O7S. The Morgan fingerprint density at radius 3 is 2.42 bits per heavy atom. The van der Waals surface area contributed by atoms with E-state index in [4.69, 9.17) is 25.8 Å². The van der Waals surface area contributed by atoms with E-state index in [1.54, 1.807) is 48.5 Å². The molecule has 0 aromatic heterocycles. The predicted octanol–water partition coefficient (Wildman–Crippen LogP) is 4.12. The molecule has 0 saturated heterocycles. The molecule has 1 heterocycles. The Bertz CT molecular complexity index is 1400. The number of anilines is 2. The van der Waals surface area contributed by atoms with Gasteiger partial charge in [-0.2, -0.15) is 0 Å². The third-order valence-corrected chi connectivity index (χ3v) is 7.51. The van der Waals surface area contributed by atoms with Crippen molar-refractivity contribution in [1.29, 1.82) is 0 Å². The van der Waals surface area contributed by atoms with E-state index in [2.05, 4.69) is 5.32 Å². The highest BCUT2D eigenvalue weighted by Gasteiger charge is 2.26. The van der Waals surface area contributed by atoms with Crippen molar-refractivity contribution in [3.05, 3.63) is 77.3 Å². The Balaban J connectivity index is 1.47. The molecular weight excluding hydrogens is 508 g/mol. The largest absolute Gasteiger partial charge is 0.486 e. The predicted molar refractivity (Wildman–Crippen MR) is 134 cm³/mol. The first-order valence-electron chi connectivity index (χ1n) is 10.9. The van der Waals surface area contributed by atoms with Crippen molar-refractivity contribution in [1.82, 2.24) is 0 Å². The van der Waals surface area contributed by atoms with Crippen LogP contribution in [-0.4, -0.2) is 46.7 Å². The third-order valence-electron chi connectivity index (χ3n) is 5.40. The summed E-state index contributed by atoms with van der Waals surface area (Å²) in [7, 11) is -2.59. The van der Waals surface area contributed by atoms with Crippen molar-refractivity contribution in [2.24, 2.45) is 0 Å². The molecule has 0 fully saturated rings. The Labute approximate surface area is 213 Å². The number of sulfonamides is 1. The van der Waals surface area contributed by atoms with Gasteiger partial charge in [-0.05, 0) is 49.4 Å². The molecule has 0 bridgehead atoms. The number of hydrogen-bond donors (Lipinski definition) is 1. The topological polar surface area (TPSA) is 111 Å². The van der Waals surface area contributed by atoms with Crippen LogP contribution < -0.4 is 19.1 Å². The molecule has 1 N–H and O–H groups in total. The zero-order chi connectivity index (χ0) is 25.9. The lowest BCUT2D eigenvalue weighted by atomic mass is 10.2. The van der Waals surface area contributed by atoms with Crippen LogP contribution in [-0.2, 0) is 19.6 Å². The second kappa shape index (κ2) is 10.5. The average Bonchev–Trinajstić information content (AvgIpc) is 2.88. The molecule has 188 valence electrons. The van der Waals surface area contributed by atoms with Gasteiger partial charge in [0.1, 0.15) is 13.2 Å². The Morgan fingerprint density at radius 1 is 1.00 bits per heavy atom. The van der Waals surface area contributed by atoms with Crippen LogP contribution >= 0.6 is 11.6 Å². The first kappa shape index (κ1) is 25.3. The number of halogens is 1. The number of esters is 1. The average molecular weight is 531 g/mol. The number of amides is 1. The minimum Gasteiger partial charge on any atom is -0.486 e. The van der Waals surface area contributed by atoms with E-state index in [0.717, 1.165) is 10.4 Å². The fraction of sp³-hybridized carbons (Fsp3) is 0.200. The van der Waals surface area contributed by atoms with Gasteiger partial charge in [-0.25, -0.2) is 13.2 Å². The van der Waals surface area contributed by atoms with Gasteiger partial charge in [0.15, 0.2) is 17.6 Å². The van der Waals surface area contributed by atoms with Crippen molar-refractivity contribution < 1.29 is 32.2 Å². The van der Waals surface area contributed by atoms with Crippen LogP contribution in [0, 0.1) is 0 Å². The quantitative estimate of drug-likeness (QED) is 0.457. The highest BCUT2D eigenvalue weighted by atomic mass is 35.5. The number of carbonyl (C=O) groups excluding carboxylic acids is 2. The maximum absolute atomic E-state index is 13.1. The molecule has 3 aromatic carbocycles. The fourth-order valence-electron chi connectivity index (χ4n) is 3.40. The molecule has 36 heavy (non-hydrogen) atoms. The first-order valence-corrected chi connectivity index (χ1v) is 12.7. The number of nitrogens with zero attached hydrogens (tertiary/aromatic N) is 1. The maximum Gasteiger partial charge on any atom is 0.340 e. The second-order valence-corrected chi connectivity index (χ2v) is 10.2. The highest BCUT2D eigenvalue weighted by Crippen LogP contribution is 2.32. The molecule has 3 aromatic rings. The number of fused-ring (bicyclic) bond motifs is 1. The van der Waals surface area contributed by atoms with Crippen LogP contribution in [0.15, 0.2) is 71.6 Å². The van der Waals surface area contributed by atoms with E-state index in [0.29, 0.717) is 36.1 Å². The van der Waals surface area contributed by atoms with Crippen LogP contribution in [0.3, 0.4) is 0 Å². The SMILES string of the molecule is C[C@@H](OC(=O)c1cc(S(=O)(=O)N(C)c2ccccc2)ccc1Cl)C(=O)Nc1ccc2c(c1)OCCO2. The minimum atomic E-state index is -3.99. The molecule has 0 saturated carbocycles. The van der Waals surface area contributed by atoms with Gasteiger partial charge >= 0.3 is 5.97 Å². The number of ether oxygens (including phenoxy) is 3. The summed E-state index contributed by atoms with van der Waals surface area (Å²) >= 11 is 6.16. The molecule has 0 unspecified atom stereocenters. The number of nitrogens with one attached hydrogen (secondary N) is 1. The van der Waals surface area contributed by atoms with E-state index in [9.17, 15) is 18.0 Å². The van der Waals surface area contributed by atoms with Crippen LogP contribution in [0.4, 0.5) is 11.4 Å². The smallest absolute Gasteiger partial charge is 0.340 e. The molecule has 0 spiro atoms. The second-order valence-electron chi connectivity index (χ2n) is 7.84. The van der Waals surface area contributed by atoms with Crippen molar-refractivity contribution >= 4 is 44.9 Å².